The topological polar surface area (TPSA) is 88.5 Å². The molecule has 0 saturated carbocycles. The molecule has 18 heavy (non-hydrogen) atoms. The summed E-state index contributed by atoms with van der Waals surface area (Å²) in [4.78, 5) is 26.5. The molecule has 0 bridgehead atoms. The van der Waals surface area contributed by atoms with Crippen LogP contribution in [-0.4, -0.2) is 34.2 Å². The Labute approximate surface area is 104 Å². The second-order valence-corrected chi connectivity index (χ2v) is 4.27. The Kier molecular flexibility index (Phi) is 3.57. The van der Waals surface area contributed by atoms with Gasteiger partial charge in [0.1, 0.15) is 6.10 Å². The Hall–Kier alpha value is -1.95. The van der Waals surface area contributed by atoms with Crippen LogP contribution < -0.4 is 5.32 Å². The first kappa shape index (κ1) is 12.5. The number of nitrogens with zero attached hydrogens (tertiary/aromatic N) is 1. The van der Waals surface area contributed by atoms with Gasteiger partial charge in [-0.3, -0.25) is 9.78 Å². The minimum atomic E-state index is -1.03. The molecule has 0 aromatic carbocycles. The van der Waals surface area contributed by atoms with Crippen LogP contribution in [0.25, 0.3) is 0 Å². The molecule has 1 fully saturated rings. The van der Waals surface area contributed by atoms with Gasteiger partial charge in [0, 0.05) is 6.20 Å². The van der Waals surface area contributed by atoms with Crippen molar-refractivity contribution in [3.8, 4) is 0 Å². The lowest BCUT2D eigenvalue weighted by molar-refractivity contribution is -0.150. The van der Waals surface area contributed by atoms with Crippen LogP contribution in [0.4, 0.5) is 5.69 Å². The van der Waals surface area contributed by atoms with Crippen LogP contribution in [0.15, 0.2) is 18.5 Å². The number of rotatable bonds is 3. The molecule has 1 saturated heterocycles. The lowest BCUT2D eigenvalue weighted by Gasteiger charge is -2.11. The van der Waals surface area contributed by atoms with Gasteiger partial charge in [0.15, 0.2) is 6.10 Å². The summed E-state index contributed by atoms with van der Waals surface area (Å²) >= 11 is 0. The highest BCUT2D eigenvalue weighted by Gasteiger charge is 2.34. The maximum atomic E-state index is 11.8. The van der Waals surface area contributed by atoms with E-state index >= 15 is 0 Å². The van der Waals surface area contributed by atoms with Crippen LogP contribution in [0.3, 0.4) is 0 Å². The predicted octanol–water partition coefficient (Wildman–Crippen LogP) is 0.961. The van der Waals surface area contributed by atoms with Crippen LogP contribution in [0.1, 0.15) is 18.4 Å². The molecule has 1 aromatic rings. The molecule has 2 unspecified atom stereocenters. The third-order valence-corrected chi connectivity index (χ3v) is 2.73. The molecule has 0 spiro atoms. The second-order valence-electron chi connectivity index (χ2n) is 4.27. The van der Waals surface area contributed by atoms with E-state index in [4.69, 9.17) is 9.84 Å². The van der Waals surface area contributed by atoms with Gasteiger partial charge in [-0.25, -0.2) is 4.79 Å². The molecule has 1 amide bonds. The summed E-state index contributed by atoms with van der Waals surface area (Å²) in [5.41, 5.74) is 1.52. The van der Waals surface area contributed by atoms with Crippen LogP contribution in [0.2, 0.25) is 0 Å². The van der Waals surface area contributed by atoms with E-state index in [1.807, 2.05) is 6.92 Å². The third kappa shape index (κ3) is 2.84. The minimum Gasteiger partial charge on any atom is -0.479 e. The Morgan fingerprint density at radius 2 is 2.11 bits per heavy atom. The van der Waals surface area contributed by atoms with Crippen LogP contribution in [0.5, 0.6) is 0 Å². The van der Waals surface area contributed by atoms with E-state index in [0.29, 0.717) is 18.5 Å². The first-order valence-corrected chi connectivity index (χ1v) is 5.67. The SMILES string of the molecule is Cc1cncc(NC(=O)C2CCC(C(=O)O)O2)c1. The fourth-order valence-corrected chi connectivity index (χ4v) is 1.86. The summed E-state index contributed by atoms with van der Waals surface area (Å²) in [5.74, 6) is -1.35. The molecule has 6 nitrogen and oxygen atoms in total. The minimum absolute atomic E-state index is 0.328. The van der Waals surface area contributed by atoms with E-state index in [2.05, 4.69) is 10.3 Å². The molecule has 2 atom stereocenters. The Balaban J connectivity index is 1.95. The number of aliphatic carboxylic acids is 1. The molecule has 2 heterocycles. The van der Waals surface area contributed by atoms with E-state index in [9.17, 15) is 9.59 Å². The number of amides is 1. The fraction of sp³-hybridized carbons (Fsp3) is 0.417. The van der Waals surface area contributed by atoms with Crippen molar-refractivity contribution >= 4 is 17.6 Å². The summed E-state index contributed by atoms with van der Waals surface area (Å²) in [6.07, 6.45) is 2.42. The zero-order valence-corrected chi connectivity index (χ0v) is 9.92. The Morgan fingerprint density at radius 1 is 1.39 bits per heavy atom. The molecule has 0 aliphatic carbocycles. The predicted molar refractivity (Wildman–Crippen MR) is 63.1 cm³/mol. The molecule has 2 rings (SSSR count). The largest absolute Gasteiger partial charge is 0.479 e. The zero-order chi connectivity index (χ0) is 13.1. The molecule has 96 valence electrons. The smallest absolute Gasteiger partial charge is 0.332 e. The van der Waals surface area contributed by atoms with Crippen LogP contribution in [0, 0.1) is 6.92 Å². The average molecular weight is 250 g/mol. The highest BCUT2D eigenvalue weighted by atomic mass is 16.5. The van der Waals surface area contributed by atoms with E-state index in [1.165, 1.54) is 6.20 Å². The normalized spacial score (nSPS) is 22.7. The van der Waals surface area contributed by atoms with Gasteiger partial charge in [-0.2, -0.15) is 0 Å². The number of carbonyl (C=O) groups is 2. The van der Waals surface area contributed by atoms with Crippen molar-refractivity contribution in [1.82, 2.24) is 4.98 Å². The molecule has 2 N–H and O–H groups in total. The number of carboxylic acid groups (broad SMARTS) is 1. The lowest BCUT2D eigenvalue weighted by Crippen LogP contribution is -2.29. The number of hydrogen-bond donors (Lipinski definition) is 2. The standard InChI is InChI=1S/C12H14N2O4/c1-7-4-8(6-13-5-7)14-11(15)9-2-3-10(18-9)12(16)17/h4-6,9-10H,2-3H2,1H3,(H,14,15)(H,16,17). The van der Waals surface area contributed by atoms with Crippen LogP contribution in [-0.2, 0) is 14.3 Å². The summed E-state index contributed by atoms with van der Waals surface area (Å²) < 4.78 is 5.16. The zero-order valence-electron chi connectivity index (χ0n) is 9.92. The highest BCUT2D eigenvalue weighted by Crippen LogP contribution is 2.21. The average Bonchev–Trinajstić information content (AvgIpc) is 2.78. The first-order valence-electron chi connectivity index (χ1n) is 5.67. The second kappa shape index (κ2) is 5.14. The van der Waals surface area contributed by atoms with E-state index in [1.54, 1.807) is 12.3 Å². The van der Waals surface area contributed by atoms with Gasteiger partial charge in [-0.05, 0) is 31.4 Å². The van der Waals surface area contributed by atoms with Crippen molar-refractivity contribution < 1.29 is 19.4 Å². The summed E-state index contributed by atoms with van der Waals surface area (Å²) in [6, 6.07) is 1.79. The molecular weight excluding hydrogens is 236 g/mol. The van der Waals surface area contributed by atoms with Gasteiger partial charge in [0.2, 0.25) is 0 Å². The Morgan fingerprint density at radius 3 is 2.72 bits per heavy atom. The molecule has 1 aliphatic heterocycles. The molecular formula is C12H14N2O4. The highest BCUT2D eigenvalue weighted by molar-refractivity contribution is 5.94. The Bertz CT molecular complexity index is 475. The quantitative estimate of drug-likeness (QED) is 0.834. The number of aromatic nitrogens is 1. The van der Waals surface area contributed by atoms with Gasteiger partial charge < -0.3 is 15.2 Å². The summed E-state index contributed by atoms with van der Waals surface area (Å²) in [6.45, 7) is 1.87. The summed E-state index contributed by atoms with van der Waals surface area (Å²) in [7, 11) is 0. The van der Waals surface area contributed by atoms with Gasteiger partial charge in [-0.15, -0.1) is 0 Å². The fourth-order valence-electron chi connectivity index (χ4n) is 1.86. The molecule has 1 aromatic heterocycles. The number of aryl methyl sites for hydroxylation is 1. The first-order chi connectivity index (χ1) is 8.56. The van der Waals surface area contributed by atoms with E-state index in [0.717, 1.165) is 5.56 Å². The molecule has 1 aliphatic rings. The number of carboxylic acids is 1. The van der Waals surface area contributed by atoms with Crippen molar-refractivity contribution in [1.29, 1.82) is 0 Å². The van der Waals surface area contributed by atoms with Crippen molar-refractivity contribution in [2.45, 2.75) is 32.0 Å². The van der Waals surface area contributed by atoms with Gasteiger partial charge >= 0.3 is 5.97 Å². The number of anilines is 1. The van der Waals surface area contributed by atoms with Crippen molar-refractivity contribution in [3.63, 3.8) is 0 Å². The van der Waals surface area contributed by atoms with Crippen molar-refractivity contribution in [3.05, 3.63) is 24.0 Å². The number of ether oxygens (including phenoxy) is 1. The maximum Gasteiger partial charge on any atom is 0.332 e. The monoisotopic (exact) mass is 250 g/mol. The lowest BCUT2D eigenvalue weighted by atomic mass is 10.2. The molecule has 0 radical (unpaired) electrons. The maximum absolute atomic E-state index is 11.8. The van der Waals surface area contributed by atoms with Gasteiger partial charge in [-0.1, -0.05) is 0 Å². The van der Waals surface area contributed by atoms with Crippen molar-refractivity contribution in [2.24, 2.45) is 0 Å². The third-order valence-electron chi connectivity index (χ3n) is 2.73. The summed E-state index contributed by atoms with van der Waals surface area (Å²) in [5, 5.41) is 11.4. The van der Waals surface area contributed by atoms with Crippen molar-refractivity contribution in [2.75, 3.05) is 5.32 Å². The van der Waals surface area contributed by atoms with Crippen LogP contribution >= 0.6 is 0 Å². The number of pyridine rings is 1. The van der Waals surface area contributed by atoms with E-state index < -0.39 is 18.2 Å². The molecule has 6 heteroatoms. The number of hydrogen-bond acceptors (Lipinski definition) is 4. The van der Waals surface area contributed by atoms with Gasteiger partial charge in [0.25, 0.3) is 5.91 Å². The van der Waals surface area contributed by atoms with Gasteiger partial charge in [0.05, 0.1) is 11.9 Å². The van der Waals surface area contributed by atoms with E-state index in [-0.39, 0.29) is 5.91 Å². The number of nitrogens with one attached hydrogen (secondary N) is 1. The number of carbonyl (C=O) groups excluding carboxylic acids is 1.